The molecule has 0 saturated carbocycles. The van der Waals surface area contributed by atoms with Crippen molar-refractivity contribution >= 4 is 52.0 Å². The van der Waals surface area contributed by atoms with Gasteiger partial charge in [-0.15, -0.1) is 16.4 Å². The van der Waals surface area contributed by atoms with Crippen LogP contribution >= 0.6 is 46.1 Å². The first-order chi connectivity index (χ1) is 10.6. The van der Waals surface area contributed by atoms with E-state index in [4.69, 9.17) is 27.9 Å². The van der Waals surface area contributed by atoms with Crippen molar-refractivity contribution in [3.63, 3.8) is 0 Å². The van der Waals surface area contributed by atoms with Crippen molar-refractivity contribution in [2.24, 2.45) is 0 Å². The lowest BCUT2D eigenvalue weighted by Gasteiger charge is -2.05. The summed E-state index contributed by atoms with van der Waals surface area (Å²) in [5, 5.41) is 6.80. The van der Waals surface area contributed by atoms with Crippen LogP contribution in [0, 0.1) is 0 Å². The number of rotatable bonds is 4. The summed E-state index contributed by atoms with van der Waals surface area (Å²) in [5.74, 6) is -0.454. The zero-order valence-electron chi connectivity index (χ0n) is 11.0. The van der Waals surface area contributed by atoms with Gasteiger partial charge in [-0.3, -0.25) is 0 Å². The number of benzene rings is 1. The third-order valence-corrected chi connectivity index (χ3v) is 5.10. The van der Waals surface area contributed by atoms with Crippen molar-refractivity contribution in [3.05, 3.63) is 56.2 Å². The highest BCUT2D eigenvalue weighted by molar-refractivity contribution is 7.14. The molecule has 0 radical (unpaired) electrons. The lowest BCUT2D eigenvalue weighted by molar-refractivity contribution is 0.0479. The molecule has 0 aliphatic rings. The number of thiophene rings is 1. The van der Waals surface area contributed by atoms with E-state index in [1.165, 1.54) is 11.3 Å². The number of carbonyl (C=O) groups is 1. The molecule has 1 aromatic carbocycles. The van der Waals surface area contributed by atoms with Gasteiger partial charge in [0.15, 0.2) is 4.88 Å². The summed E-state index contributed by atoms with van der Waals surface area (Å²) in [4.78, 5) is 13.5. The van der Waals surface area contributed by atoms with Gasteiger partial charge < -0.3 is 4.74 Å². The quantitative estimate of drug-likeness (QED) is 0.610. The standard InChI is InChI=1S/C14H8Cl2N2O2S2/c15-9-4-3-8(6-10(9)16)7-20-14(19)13-12(17-18-22-13)11-2-1-5-21-11/h1-6H,7H2. The van der Waals surface area contributed by atoms with E-state index in [1.54, 1.807) is 18.2 Å². The van der Waals surface area contributed by atoms with E-state index >= 15 is 0 Å². The van der Waals surface area contributed by atoms with Crippen LogP contribution in [0.3, 0.4) is 0 Å². The molecule has 0 aliphatic carbocycles. The monoisotopic (exact) mass is 370 g/mol. The first-order valence-electron chi connectivity index (χ1n) is 6.12. The fourth-order valence-corrected chi connectivity index (χ4v) is 3.42. The minimum atomic E-state index is -0.454. The second-order valence-corrected chi connectivity index (χ2v) is 6.77. The number of halogens is 2. The Labute approximate surface area is 144 Å². The van der Waals surface area contributed by atoms with Crippen molar-refractivity contribution in [2.75, 3.05) is 0 Å². The van der Waals surface area contributed by atoms with Crippen LogP contribution in [0.2, 0.25) is 10.0 Å². The molecule has 4 nitrogen and oxygen atoms in total. The minimum absolute atomic E-state index is 0.109. The summed E-state index contributed by atoms with van der Waals surface area (Å²) in [5.41, 5.74) is 1.32. The van der Waals surface area contributed by atoms with Gasteiger partial charge in [0.2, 0.25) is 0 Å². The molecule has 2 heterocycles. The predicted molar refractivity (Wildman–Crippen MR) is 88.8 cm³/mol. The molecule has 0 bridgehead atoms. The van der Waals surface area contributed by atoms with E-state index in [0.29, 0.717) is 20.6 Å². The van der Waals surface area contributed by atoms with Crippen LogP contribution in [0.5, 0.6) is 0 Å². The molecule has 0 spiro atoms. The van der Waals surface area contributed by atoms with Gasteiger partial charge in [0.1, 0.15) is 12.3 Å². The summed E-state index contributed by atoms with van der Waals surface area (Å²) in [6.07, 6.45) is 0. The normalized spacial score (nSPS) is 10.6. The molecule has 0 unspecified atom stereocenters. The van der Waals surface area contributed by atoms with E-state index < -0.39 is 5.97 Å². The maximum atomic E-state index is 12.2. The molecular weight excluding hydrogens is 363 g/mol. The lowest BCUT2D eigenvalue weighted by Crippen LogP contribution is -2.04. The van der Waals surface area contributed by atoms with E-state index in [-0.39, 0.29) is 6.61 Å². The molecule has 22 heavy (non-hydrogen) atoms. The molecule has 0 saturated heterocycles. The zero-order valence-corrected chi connectivity index (χ0v) is 14.1. The molecular formula is C14H8Cl2N2O2S2. The van der Waals surface area contributed by atoms with Gasteiger partial charge in [0, 0.05) is 0 Å². The van der Waals surface area contributed by atoms with Crippen LogP contribution in [0.25, 0.3) is 10.6 Å². The van der Waals surface area contributed by atoms with Gasteiger partial charge in [0.05, 0.1) is 14.9 Å². The van der Waals surface area contributed by atoms with Gasteiger partial charge in [0.25, 0.3) is 0 Å². The van der Waals surface area contributed by atoms with Crippen LogP contribution in [-0.4, -0.2) is 15.6 Å². The Kier molecular flexibility index (Phi) is 4.73. The number of ether oxygens (including phenoxy) is 1. The van der Waals surface area contributed by atoms with Gasteiger partial charge >= 0.3 is 5.97 Å². The average Bonchev–Trinajstić information content (AvgIpc) is 3.18. The molecule has 3 aromatic rings. The highest BCUT2D eigenvalue weighted by Gasteiger charge is 2.20. The molecule has 0 aliphatic heterocycles. The second-order valence-electron chi connectivity index (χ2n) is 4.25. The Morgan fingerprint density at radius 2 is 2.09 bits per heavy atom. The highest BCUT2D eigenvalue weighted by Crippen LogP contribution is 2.29. The van der Waals surface area contributed by atoms with Crippen LogP contribution < -0.4 is 0 Å². The zero-order chi connectivity index (χ0) is 15.5. The van der Waals surface area contributed by atoms with E-state index in [9.17, 15) is 4.79 Å². The number of hydrogen-bond donors (Lipinski definition) is 0. The maximum absolute atomic E-state index is 12.2. The summed E-state index contributed by atoms with van der Waals surface area (Å²) in [6, 6.07) is 8.87. The largest absolute Gasteiger partial charge is 0.457 e. The number of aromatic nitrogens is 2. The van der Waals surface area contributed by atoms with Crippen molar-refractivity contribution in [3.8, 4) is 10.6 Å². The Hall–Kier alpha value is -1.47. The van der Waals surface area contributed by atoms with Crippen molar-refractivity contribution in [1.82, 2.24) is 9.59 Å². The van der Waals surface area contributed by atoms with Crippen LogP contribution in [0.15, 0.2) is 35.7 Å². The van der Waals surface area contributed by atoms with E-state index in [2.05, 4.69) is 9.59 Å². The smallest absolute Gasteiger partial charge is 0.352 e. The Morgan fingerprint density at radius 3 is 2.82 bits per heavy atom. The molecule has 0 atom stereocenters. The third kappa shape index (κ3) is 3.30. The fraction of sp³-hybridized carbons (Fsp3) is 0.0714. The van der Waals surface area contributed by atoms with Crippen molar-refractivity contribution in [2.45, 2.75) is 6.61 Å². The van der Waals surface area contributed by atoms with Gasteiger partial charge in [-0.25, -0.2) is 4.79 Å². The number of carbonyl (C=O) groups excluding carboxylic acids is 1. The second kappa shape index (κ2) is 6.75. The fourth-order valence-electron chi connectivity index (χ4n) is 1.74. The molecule has 112 valence electrons. The highest BCUT2D eigenvalue weighted by atomic mass is 35.5. The maximum Gasteiger partial charge on any atom is 0.352 e. The van der Waals surface area contributed by atoms with Gasteiger partial charge in [-0.05, 0) is 40.7 Å². The van der Waals surface area contributed by atoms with E-state index in [1.807, 2.05) is 17.5 Å². The summed E-state index contributed by atoms with van der Waals surface area (Å²) >= 11 is 14.3. The Morgan fingerprint density at radius 1 is 1.23 bits per heavy atom. The molecule has 2 aromatic heterocycles. The Balaban J connectivity index is 1.73. The van der Waals surface area contributed by atoms with E-state index in [0.717, 1.165) is 22.0 Å². The summed E-state index contributed by atoms with van der Waals surface area (Å²) in [7, 11) is 0. The molecule has 0 N–H and O–H groups in total. The predicted octanol–water partition coefficient (Wildman–Crippen LogP) is 4.93. The molecule has 8 heteroatoms. The minimum Gasteiger partial charge on any atom is -0.457 e. The van der Waals surface area contributed by atoms with Crippen molar-refractivity contribution in [1.29, 1.82) is 0 Å². The van der Waals surface area contributed by atoms with Crippen LogP contribution in [0.1, 0.15) is 15.2 Å². The van der Waals surface area contributed by atoms with Crippen LogP contribution in [0.4, 0.5) is 0 Å². The van der Waals surface area contributed by atoms with Crippen molar-refractivity contribution < 1.29 is 9.53 Å². The summed E-state index contributed by atoms with van der Waals surface area (Å²) in [6.45, 7) is 0.109. The first-order valence-corrected chi connectivity index (χ1v) is 8.53. The first kappa shape index (κ1) is 15.4. The lowest BCUT2D eigenvalue weighted by atomic mass is 10.2. The number of hydrogen-bond acceptors (Lipinski definition) is 6. The number of esters is 1. The molecule has 3 rings (SSSR count). The molecule has 0 fully saturated rings. The Bertz CT molecular complexity index is 803. The SMILES string of the molecule is O=C(OCc1ccc(Cl)c(Cl)c1)c1snnc1-c1cccs1. The third-order valence-electron chi connectivity index (χ3n) is 2.78. The topological polar surface area (TPSA) is 52.1 Å². The van der Waals surface area contributed by atoms with Gasteiger partial charge in [-0.1, -0.05) is 39.8 Å². The average molecular weight is 371 g/mol. The van der Waals surface area contributed by atoms with Gasteiger partial charge in [-0.2, -0.15) is 0 Å². The summed E-state index contributed by atoms with van der Waals surface area (Å²) < 4.78 is 9.14. The molecule has 0 amide bonds. The van der Waals surface area contributed by atoms with Crippen LogP contribution in [-0.2, 0) is 11.3 Å². The number of nitrogens with zero attached hydrogens (tertiary/aromatic N) is 2.